The molecule has 1 heterocycles. The summed E-state index contributed by atoms with van der Waals surface area (Å²) >= 11 is 0. The summed E-state index contributed by atoms with van der Waals surface area (Å²) in [5.74, 6) is 0. The molecule has 94 valence electrons. The molecular weight excluding hydrogens is 230 g/mol. The lowest BCUT2D eigenvalue weighted by Gasteiger charge is -2.22. The van der Waals surface area contributed by atoms with Crippen molar-refractivity contribution in [2.24, 2.45) is 0 Å². The van der Waals surface area contributed by atoms with Gasteiger partial charge >= 0.3 is 0 Å². The van der Waals surface area contributed by atoms with Gasteiger partial charge in [-0.05, 0) is 23.6 Å². The van der Waals surface area contributed by atoms with Gasteiger partial charge in [0.2, 0.25) is 0 Å². The minimum atomic E-state index is 0.272. The van der Waals surface area contributed by atoms with Gasteiger partial charge in [-0.15, -0.1) is 0 Å². The largest absolute Gasteiger partial charge is 0.380 e. The van der Waals surface area contributed by atoms with Crippen molar-refractivity contribution in [2.45, 2.75) is 13.0 Å². The van der Waals surface area contributed by atoms with Crippen molar-refractivity contribution >= 4 is 5.57 Å². The van der Waals surface area contributed by atoms with E-state index in [1.54, 1.807) is 0 Å². The minimum absolute atomic E-state index is 0.272. The van der Waals surface area contributed by atoms with Crippen LogP contribution in [0.5, 0.6) is 0 Å². The lowest BCUT2D eigenvalue weighted by molar-refractivity contribution is 0.742. The Morgan fingerprint density at radius 3 is 2.11 bits per heavy atom. The lowest BCUT2D eigenvalue weighted by atomic mass is 9.93. The zero-order valence-electron chi connectivity index (χ0n) is 11.0. The molecule has 3 rings (SSSR count). The molecule has 0 saturated heterocycles. The topological polar surface area (TPSA) is 12.0 Å². The van der Waals surface area contributed by atoms with Crippen LogP contribution >= 0.6 is 0 Å². The third-order valence-corrected chi connectivity index (χ3v) is 3.49. The van der Waals surface area contributed by atoms with E-state index < -0.39 is 0 Å². The molecule has 1 aliphatic rings. The first-order valence-electron chi connectivity index (χ1n) is 6.60. The zero-order chi connectivity index (χ0) is 13.1. The number of rotatable bonds is 2. The number of benzene rings is 2. The summed E-state index contributed by atoms with van der Waals surface area (Å²) in [6, 6.07) is 21.3. The van der Waals surface area contributed by atoms with Gasteiger partial charge in [-0.3, -0.25) is 0 Å². The van der Waals surface area contributed by atoms with Crippen molar-refractivity contribution in [1.29, 1.82) is 0 Å². The van der Waals surface area contributed by atoms with E-state index in [1.165, 1.54) is 22.3 Å². The van der Waals surface area contributed by atoms with Crippen molar-refractivity contribution in [3.8, 4) is 0 Å². The van der Waals surface area contributed by atoms with Gasteiger partial charge in [-0.25, -0.2) is 0 Å². The number of dihydropyridines is 1. The van der Waals surface area contributed by atoms with Crippen LogP contribution in [0.25, 0.3) is 5.57 Å². The smallest absolute Gasteiger partial charge is 0.0698 e. The molecule has 0 spiro atoms. The van der Waals surface area contributed by atoms with E-state index in [0.29, 0.717) is 0 Å². The van der Waals surface area contributed by atoms with Crippen molar-refractivity contribution in [1.82, 2.24) is 5.32 Å². The van der Waals surface area contributed by atoms with Gasteiger partial charge in [0.1, 0.15) is 0 Å². The van der Waals surface area contributed by atoms with E-state index in [-0.39, 0.29) is 6.04 Å². The molecule has 0 radical (unpaired) electrons. The summed E-state index contributed by atoms with van der Waals surface area (Å²) in [4.78, 5) is 0. The molecule has 1 unspecified atom stereocenters. The molecular formula is C18H17N. The van der Waals surface area contributed by atoms with Gasteiger partial charge in [-0.2, -0.15) is 0 Å². The highest BCUT2D eigenvalue weighted by atomic mass is 14.9. The molecule has 1 N–H and O–H groups in total. The molecule has 1 aliphatic heterocycles. The van der Waals surface area contributed by atoms with Crippen LogP contribution in [0.3, 0.4) is 0 Å². The Hall–Kier alpha value is -2.28. The highest BCUT2D eigenvalue weighted by molar-refractivity contribution is 5.79. The van der Waals surface area contributed by atoms with Crippen LogP contribution in [0.4, 0.5) is 0 Å². The summed E-state index contributed by atoms with van der Waals surface area (Å²) in [7, 11) is 0. The Bertz CT molecular complexity index is 609. The van der Waals surface area contributed by atoms with E-state index in [1.807, 2.05) is 12.1 Å². The number of allylic oxidation sites excluding steroid dienone is 2. The van der Waals surface area contributed by atoms with Gasteiger partial charge in [0, 0.05) is 11.8 Å². The predicted molar refractivity (Wildman–Crippen MR) is 80.5 cm³/mol. The van der Waals surface area contributed by atoms with Crippen molar-refractivity contribution in [2.75, 3.05) is 0 Å². The van der Waals surface area contributed by atoms with Gasteiger partial charge in [-0.1, -0.05) is 66.7 Å². The number of nitrogens with one attached hydrogen (secondary N) is 1. The SMILES string of the molecule is CC1=CC(c2ccccc2)NC=C1c1ccccc1. The Kier molecular flexibility index (Phi) is 3.20. The van der Waals surface area contributed by atoms with Crippen LogP contribution < -0.4 is 5.32 Å². The summed E-state index contributed by atoms with van der Waals surface area (Å²) in [6.45, 7) is 2.18. The maximum absolute atomic E-state index is 3.48. The highest BCUT2D eigenvalue weighted by Crippen LogP contribution is 2.29. The molecule has 0 amide bonds. The Morgan fingerprint density at radius 1 is 0.842 bits per heavy atom. The molecule has 0 fully saturated rings. The summed E-state index contributed by atoms with van der Waals surface area (Å²) < 4.78 is 0. The van der Waals surface area contributed by atoms with E-state index in [2.05, 4.69) is 73.0 Å². The maximum Gasteiger partial charge on any atom is 0.0698 e. The minimum Gasteiger partial charge on any atom is -0.380 e. The van der Waals surface area contributed by atoms with Crippen molar-refractivity contribution < 1.29 is 0 Å². The first-order chi connectivity index (χ1) is 9.34. The average Bonchev–Trinajstić information content (AvgIpc) is 2.49. The van der Waals surface area contributed by atoms with Crippen LogP contribution in [-0.2, 0) is 0 Å². The zero-order valence-corrected chi connectivity index (χ0v) is 11.0. The molecule has 1 atom stereocenters. The first-order valence-corrected chi connectivity index (χ1v) is 6.60. The Balaban J connectivity index is 1.88. The predicted octanol–water partition coefficient (Wildman–Crippen LogP) is 4.32. The molecule has 19 heavy (non-hydrogen) atoms. The van der Waals surface area contributed by atoms with Gasteiger partial charge in [0.25, 0.3) is 0 Å². The van der Waals surface area contributed by atoms with Crippen molar-refractivity contribution in [3.63, 3.8) is 0 Å². The fraction of sp³-hybridized carbons (Fsp3) is 0.111. The highest BCUT2D eigenvalue weighted by Gasteiger charge is 2.14. The molecule has 1 nitrogen and oxygen atoms in total. The van der Waals surface area contributed by atoms with Crippen LogP contribution in [-0.4, -0.2) is 0 Å². The lowest BCUT2D eigenvalue weighted by Crippen LogP contribution is -2.18. The van der Waals surface area contributed by atoms with Crippen LogP contribution in [0.1, 0.15) is 24.1 Å². The quantitative estimate of drug-likeness (QED) is 0.833. The fourth-order valence-corrected chi connectivity index (χ4v) is 2.46. The van der Waals surface area contributed by atoms with Crippen LogP contribution in [0.2, 0.25) is 0 Å². The number of hydrogen-bond acceptors (Lipinski definition) is 1. The second-order valence-corrected chi connectivity index (χ2v) is 4.83. The molecule has 0 saturated carbocycles. The van der Waals surface area contributed by atoms with Crippen molar-refractivity contribution in [3.05, 3.63) is 89.6 Å². The maximum atomic E-state index is 3.48. The van der Waals surface area contributed by atoms with E-state index >= 15 is 0 Å². The Labute approximate surface area is 114 Å². The van der Waals surface area contributed by atoms with E-state index in [4.69, 9.17) is 0 Å². The first kappa shape index (κ1) is 11.8. The van der Waals surface area contributed by atoms with E-state index in [9.17, 15) is 0 Å². The molecule has 2 aromatic carbocycles. The van der Waals surface area contributed by atoms with Gasteiger partial charge < -0.3 is 5.32 Å². The molecule has 0 bridgehead atoms. The second kappa shape index (κ2) is 5.15. The van der Waals surface area contributed by atoms with Gasteiger partial charge in [0.15, 0.2) is 0 Å². The van der Waals surface area contributed by atoms with Crippen LogP contribution in [0, 0.1) is 0 Å². The monoisotopic (exact) mass is 247 g/mol. The Morgan fingerprint density at radius 2 is 1.47 bits per heavy atom. The summed E-state index contributed by atoms with van der Waals surface area (Å²) in [6.07, 6.45) is 4.42. The average molecular weight is 247 g/mol. The van der Waals surface area contributed by atoms with Gasteiger partial charge in [0.05, 0.1) is 6.04 Å². The second-order valence-electron chi connectivity index (χ2n) is 4.83. The number of hydrogen-bond donors (Lipinski definition) is 1. The molecule has 2 aromatic rings. The molecule has 0 aliphatic carbocycles. The van der Waals surface area contributed by atoms with E-state index in [0.717, 1.165) is 0 Å². The standard InChI is InChI=1S/C18H17N/c1-14-12-18(16-10-6-3-7-11-16)19-13-17(14)15-8-4-2-5-9-15/h2-13,18-19H,1H3. The normalized spacial score (nSPS) is 18.3. The molecule has 0 aromatic heterocycles. The van der Waals surface area contributed by atoms with Crippen LogP contribution in [0.15, 0.2) is 78.5 Å². The third kappa shape index (κ3) is 2.45. The fourth-order valence-electron chi connectivity index (χ4n) is 2.46. The molecule has 1 heteroatoms. The third-order valence-electron chi connectivity index (χ3n) is 3.49. The summed E-state index contributed by atoms with van der Waals surface area (Å²) in [5, 5.41) is 3.48. The summed E-state index contributed by atoms with van der Waals surface area (Å²) in [5.41, 5.74) is 5.15.